The molecule has 7 heteroatoms. The first-order valence-corrected chi connectivity index (χ1v) is 8.04. The topological polar surface area (TPSA) is 28.2 Å². The Labute approximate surface area is 132 Å². The summed E-state index contributed by atoms with van der Waals surface area (Å²) in [6.45, 7) is 1.93. The number of aromatic nitrogens is 1. The van der Waals surface area contributed by atoms with Gasteiger partial charge >= 0.3 is 6.18 Å². The summed E-state index contributed by atoms with van der Waals surface area (Å²) in [6.07, 6.45) is 2.49. The van der Waals surface area contributed by atoms with E-state index < -0.39 is 11.7 Å². The average molecular weight is 334 g/mol. The molecule has 22 heavy (non-hydrogen) atoms. The monoisotopic (exact) mass is 333 g/mol. The standard InChI is InChI=1S/C15H19ClF3N3/c16-13-7-10(15(17,18)19)8-20-14(13)21-11-5-6-22(9-11)12-3-1-2-4-12/h7-8,11-12H,1-6,9H2,(H,20,21). The lowest BCUT2D eigenvalue weighted by atomic mass is 10.2. The van der Waals surface area contributed by atoms with E-state index in [0.717, 1.165) is 31.8 Å². The number of anilines is 1. The highest BCUT2D eigenvalue weighted by Gasteiger charge is 2.33. The van der Waals surface area contributed by atoms with Crippen molar-refractivity contribution in [1.29, 1.82) is 0 Å². The molecule has 1 atom stereocenters. The zero-order valence-electron chi connectivity index (χ0n) is 12.2. The van der Waals surface area contributed by atoms with Crippen LogP contribution in [0.1, 0.15) is 37.7 Å². The molecule has 1 unspecified atom stereocenters. The second-order valence-electron chi connectivity index (χ2n) is 6.12. The lowest BCUT2D eigenvalue weighted by Gasteiger charge is -2.23. The van der Waals surface area contributed by atoms with Crippen LogP contribution in [0.15, 0.2) is 12.3 Å². The maximum absolute atomic E-state index is 12.6. The third-order valence-electron chi connectivity index (χ3n) is 4.57. The second-order valence-corrected chi connectivity index (χ2v) is 6.52. The maximum Gasteiger partial charge on any atom is 0.417 e. The highest BCUT2D eigenvalue weighted by Crippen LogP contribution is 2.33. The van der Waals surface area contributed by atoms with Gasteiger partial charge in [0.15, 0.2) is 0 Å². The van der Waals surface area contributed by atoms with Gasteiger partial charge in [0.05, 0.1) is 10.6 Å². The lowest BCUT2D eigenvalue weighted by molar-refractivity contribution is -0.137. The summed E-state index contributed by atoms with van der Waals surface area (Å²) in [5.74, 6) is 0.341. The number of nitrogens with one attached hydrogen (secondary N) is 1. The zero-order chi connectivity index (χ0) is 15.7. The molecule has 0 aromatic carbocycles. The van der Waals surface area contributed by atoms with Crippen molar-refractivity contribution in [3.8, 4) is 0 Å². The van der Waals surface area contributed by atoms with Gasteiger partial charge in [-0.1, -0.05) is 24.4 Å². The molecule has 0 amide bonds. The van der Waals surface area contributed by atoms with Gasteiger partial charge in [-0.05, 0) is 25.3 Å². The number of halogens is 4. The smallest absolute Gasteiger partial charge is 0.365 e. The quantitative estimate of drug-likeness (QED) is 0.899. The minimum absolute atomic E-state index is 0.0224. The maximum atomic E-state index is 12.6. The van der Waals surface area contributed by atoms with E-state index in [0.29, 0.717) is 11.9 Å². The highest BCUT2D eigenvalue weighted by molar-refractivity contribution is 6.33. The van der Waals surface area contributed by atoms with E-state index in [1.165, 1.54) is 25.7 Å². The van der Waals surface area contributed by atoms with E-state index in [1.807, 2.05) is 0 Å². The highest BCUT2D eigenvalue weighted by atomic mass is 35.5. The van der Waals surface area contributed by atoms with Crippen molar-refractivity contribution in [3.63, 3.8) is 0 Å². The second kappa shape index (κ2) is 6.24. The Balaban J connectivity index is 1.62. The number of hydrogen-bond donors (Lipinski definition) is 1. The van der Waals surface area contributed by atoms with Crippen LogP contribution in [0.25, 0.3) is 0 Å². The molecule has 3 nitrogen and oxygen atoms in total. The fraction of sp³-hybridized carbons (Fsp3) is 0.667. The molecular weight excluding hydrogens is 315 g/mol. The molecule has 0 radical (unpaired) electrons. The fourth-order valence-electron chi connectivity index (χ4n) is 3.40. The van der Waals surface area contributed by atoms with Crippen molar-refractivity contribution in [2.45, 2.75) is 50.4 Å². The summed E-state index contributed by atoms with van der Waals surface area (Å²) in [6, 6.07) is 1.80. The number of hydrogen-bond acceptors (Lipinski definition) is 3. The summed E-state index contributed by atoms with van der Waals surface area (Å²) in [7, 11) is 0. The molecule has 2 heterocycles. The van der Waals surface area contributed by atoms with Gasteiger partial charge in [-0.2, -0.15) is 13.2 Å². The third-order valence-corrected chi connectivity index (χ3v) is 4.86. The van der Waals surface area contributed by atoms with Crippen LogP contribution in [0.3, 0.4) is 0 Å². The third kappa shape index (κ3) is 3.49. The number of alkyl halides is 3. The molecule has 1 aliphatic heterocycles. The van der Waals surface area contributed by atoms with Crippen LogP contribution in [0.5, 0.6) is 0 Å². The van der Waals surface area contributed by atoms with Crippen molar-refractivity contribution in [2.75, 3.05) is 18.4 Å². The van der Waals surface area contributed by atoms with Crippen LogP contribution in [0, 0.1) is 0 Å². The van der Waals surface area contributed by atoms with Gasteiger partial charge in [-0.15, -0.1) is 0 Å². The number of nitrogens with zero attached hydrogens (tertiary/aromatic N) is 2. The van der Waals surface area contributed by atoms with Crippen molar-refractivity contribution in [2.24, 2.45) is 0 Å². The van der Waals surface area contributed by atoms with E-state index >= 15 is 0 Å². The molecule has 2 aliphatic rings. The van der Waals surface area contributed by atoms with Crippen molar-refractivity contribution < 1.29 is 13.2 Å². The molecule has 1 aromatic rings. The van der Waals surface area contributed by atoms with E-state index in [9.17, 15) is 13.2 Å². The summed E-state index contributed by atoms with van der Waals surface area (Å²) in [5, 5.41) is 3.21. The largest absolute Gasteiger partial charge is 0.417 e. The van der Waals surface area contributed by atoms with E-state index in [4.69, 9.17) is 11.6 Å². The predicted octanol–water partition coefficient (Wildman–Crippen LogP) is 4.18. The van der Waals surface area contributed by atoms with Crippen molar-refractivity contribution in [3.05, 3.63) is 22.8 Å². The van der Waals surface area contributed by atoms with Gasteiger partial charge in [0.1, 0.15) is 5.82 Å². The minimum Gasteiger partial charge on any atom is -0.365 e. The summed E-state index contributed by atoms with van der Waals surface area (Å²) >= 11 is 5.94. The van der Waals surface area contributed by atoms with Gasteiger partial charge < -0.3 is 5.32 Å². The molecule has 1 aliphatic carbocycles. The Morgan fingerprint density at radius 1 is 1.23 bits per heavy atom. The molecule has 0 bridgehead atoms. The lowest BCUT2D eigenvalue weighted by Crippen LogP contribution is -2.33. The normalized spacial score (nSPS) is 24.1. The van der Waals surface area contributed by atoms with Crippen molar-refractivity contribution in [1.82, 2.24) is 9.88 Å². The first kappa shape index (κ1) is 15.9. The number of pyridine rings is 1. The summed E-state index contributed by atoms with van der Waals surface area (Å²) in [4.78, 5) is 6.32. The van der Waals surface area contributed by atoms with Crippen LogP contribution < -0.4 is 5.32 Å². The molecule has 122 valence electrons. The van der Waals surface area contributed by atoms with Crippen LogP contribution in [-0.4, -0.2) is 35.1 Å². The zero-order valence-corrected chi connectivity index (χ0v) is 12.9. The van der Waals surface area contributed by atoms with Crippen LogP contribution in [0.4, 0.5) is 19.0 Å². The van der Waals surface area contributed by atoms with Gasteiger partial charge in [-0.25, -0.2) is 4.98 Å². The van der Waals surface area contributed by atoms with E-state index in [1.54, 1.807) is 0 Å². The molecule has 2 fully saturated rings. The molecule has 1 N–H and O–H groups in total. The SMILES string of the molecule is FC(F)(F)c1cnc(NC2CCN(C3CCCC3)C2)c(Cl)c1. The van der Waals surface area contributed by atoms with Gasteiger partial charge in [-0.3, -0.25) is 4.90 Å². The summed E-state index contributed by atoms with van der Waals surface area (Å²) in [5.41, 5.74) is -0.818. The Morgan fingerprint density at radius 2 is 1.95 bits per heavy atom. The van der Waals surface area contributed by atoms with Gasteiger partial charge in [0, 0.05) is 31.4 Å². The molecule has 1 saturated carbocycles. The molecular formula is C15H19ClF3N3. The Kier molecular flexibility index (Phi) is 4.50. The Morgan fingerprint density at radius 3 is 2.59 bits per heavy atom. The predicted molar refractivity (Wildman–Crippen MR) is 80.1 cm³/mol. The van der Waals surface area contributed by atoms with Crippen LogP contribution >= 0.6 is 11.6 Å². The molecule has 1 saturated heterocycles. The molecule has 0 spiro atoms. The number of rotatable bonds is 3. The van der Waals surface area contributed by atoms with Gasteiger partial charge in [0.2, 0.25) is 0 Å². The van der Waals surface area contributed by atoms with E-state index in [-0.39, 0.29) is 11.1 Å². The average Bonchev–Trinajstić information content (AvgIpc) is 3.10. The Hall–Kier alpha value is -1.01. The fourth-order valence-corrected chi connectivity index (χ4v) is 3.62. The Bertz CT molecular complexity index is 529. The first-order chi connectivity index (χ1) is 10.4. The van der Waals surface area contributed by atoms with Crippen molar-refractivity contribution >= 4 is 17.4 Å². The molecule has 3 rings (SSSR count). The van der Waals surface area contributed by atoms with E-state index in [2.05, 4.69) is 15.2 Å². The minimum atomic E-state index is -4.41. The number of likely N-dealkylation sites (tertiary alicyclic amines) is 1. The first-order valence-electron chi connectivity index (χ1n) is 7.67. The molecule has 1 aromatic heterocycles. The summed E-state index contributed by atoms with van der Waals surface area (Å²) < 4.78 is 37.8. The van der Waals surface area contributed by atoms with Crippen LogP contribution in [0.2, 0.25) is 5.02 Å². The van der Waals surface area contributed by atoms with Crippen LogP contribution in [-0.2, 0) is 6.18 Å². The van der Waals surface area contributed by atoms with Gasteiger partial charge in [0.25, 0.3) is 0 Å².